The number of rotatable bonds is 4. The summed E-state index contributed by atoms with van der Waals surface area (Å²) in [6.45, 7) is 2.31. The van der Waals surface area contributed by atoms with Gasteiger partial charge in [0.2, 0.25) is 0 Å². The number of aryl methyl sites for hydroxylation is 1. The number of nitriles is 1. The van der Waals surface area contributed by atoms with Crippen molar-refractivity contribution in [3.05, 3.63) is 82.0 Å². The molecule has 0 unspecified atom stereocenters. The van der Waals surface area contributed by atoms with Gasteiger partial charge in [0.05, 0.1) is 5.52 Å². The maximum absolute atomic E-state index is 12.3. The Morgan fingerprint density at radius 1 is 1.23 bits per heavy atom. The van der Waals surface area contributed by atoms with Gasteiger partial charge in [0.15, 0.2) is 0 Å². The number of amides is 1. The van der Waals surface area contributed by atoms with Crippen molar-refractivity contribution in [3.8, 4) is 6.07 Å². The molecule has 0 bridgehead atoms. The molecule has 0 saturated heterocycles. The molecule has 0 fully saturated rings. The Labute approximate surface area is 156 Å². The van der Waals surface area contributed by atoms with E-state index in [9.17, 15) is 10.1 Å². The Kier molecular flexibility index (Phi) is 5.31. The number of nitrogens with one attached hydrogen (secondary N) is 1. The van der Waals surface area contributed by atoms with Crippen LogP contribution in [-0.2, 0) is 11.3 Å². The smallest absolute Gasteiger partial charge is 0.262 e. The van der Waals surface area contributed by atoms with Crippen molar-refractivity contribution in [2.45, 2.75) is 13.5 Å². The summed E-state index contributed by atoms with van der Waals surface area (Å²) in [4.78, 5) is 16.7. The van der Waals surface area contributed by atoms with E-state index in [1.54, 1.807) is 0 Å². The Balaban J connectivity index is 1.86. The quantitative estimate of drug-likeness (QED) is 0.425. The summed E-state index contributed by atoms with van der Waals surface area (Å²) < 4.78 is 0. The minimum atomic E-state index is -0.447. The third kappa shape index (κ3) is 3.90. The van der Waals surface area contributed by atoms with Gasteiger partial charge in [0.1, 0.15) is 16.8 Å². The molecule has 0 aliphatic rings. The largest absolute Gasteiger partial charge is 0.347 e. The predicted octanol–water partition coefficient (Wildman–Crippen LogP) is 4.42. The van der Waals surface area contributed by atoms with Crippen molar-refractivity contribution in [1.29, 1.82) is 5.26 Å². The fourth-order valence-corrected chi connectivity index (χ4v) is 2.81. The fourth-order valence-electron chi connectivity index (χ4n) is 2.62. The first kappa shape index (κ1) is 17.7. The van der Waals surface area contributed by atoms with Crippen molar-refractivity contribution in [3.63, 3.8) is 0 Å². The van der Waals surface area contributed by atoms with Crippen molar-refractivity contribution in [2.24, 2.45) is 0 Å². The standard InChI is InChI=1S/C21H16ClN3O/c1-14-6-5-9-16-10-17(20(22)25-19(14)16)11-18(12-23)21(26)24-13-15-7-3-2-4-8-15/h2-11H,13H2,1H3,(H,24,26)/b18-11+. The highest BCUT2D eigenvalue weighted by atomic mass is 35.5. The molecule has 2 aromatic carbocycles. The van der Waals surface area contributed by atoms with Gasteiger partial charge in [-0.15, -0.1) is 0 Å². The van der Waals surface area contributed by atoms with E-state index < -0.39 is 5.91 Å². The van der Waals surface area contributed by atoms with Crippen molar-refractivity contribution >= 4 is 34.5 Å². The molecule has 0 radical (unpaired) electrons. The summed E-state index contributed by atoms with van der Waals surface area (Å²) in [6.07, 6.45) is 1.47. The van der Waals surface area contributed by atoms with Gasteiger partial charge in [0, 0.05) is 17.5 Å². The number of pyridine rings is 1. The maximum atomic E-state index is 12.3. The Morgan fingerprint density at radius 2 is 2.00 bits per heavy atom. The number of aromatic nitrogens is 1. The average molecular weight is 362 g/mol. The predicted molar refractivity (Wildman–Crippen MR) is 103 cm³/mol. The van der Waals surface area contributed by atoms with Crippen molar-refractivity contribution in [2.75, 3.05) is 0 Å². The lowest BCUT2D eigenvalue weighted by molar-refractivity contribution is -0.117. The molecule has 1 amide bonds. The minimum absolute atomic E-state index is 0.0170. The van der Waals surface area contributed by atoms with Gasteiger partial charge in [-0.1, -0.05) is 60.1 Å². The van der Waals surface area contributed by atoms with E-state index in [0.29, 0.717) is 12.1 Å². The number of nitrogens with zero attached hydrogens (tertiary/aromatic N) is 2. The fraction of sp³-hybridized carbons (Fsp3) is 0.0952. The number of fused-ring (bicyclic) bond motifs is 1. The van der Waals surface area contributed by atoms with E-state index in [2.05, 4.69) is 10.3 Å². The topological polar surface area (TPSA) is 65.8 Å². The number of hydrogen-bond acceptors (Lipinski definition) is 3. The van der Waals surface area contributed by atoms with Crippen molar-refractivity contribution in [1.82, 2.24) is 10.3 Å². The molecular weight excluding hydrogens is 346 g/mol. The Bertz CT molecular complexity index is 1040. The average Bonchev–Trinajstić information content (AvgIpc) is 2.66. The molecule has 26 heavy (non-hydrogen) atoms. The molecule has 0 atom stereocenters. The number of carbonyl (C=O) groups excluding carboxylic acids is 1. The Morgan fingerprint density at radius 3 is 2.73 bits per heavy atom. The van der Waals surface area contributed by atoms with Gasteiger partial charge < -0.3 is 5.32 Å². The SMILES string of the molecule is Cc1cccc2cc(/C=C(\C#N)C(=O)NCc3ccccc3)c(Cl)nc12. The summed E-state index contributed by atoms with van der Waals surface area (Å²) in [7, 11) is 0. The molecule has 0 saturated carbocycles. The third-order valence-corrected chi connectivity index (χ3v) is 4.29. The van der Waals surface area contributed by atoms with Crippen LogP contribution < -0.4 is 5.32 Å². The molecule has 0 aliphatic heterocycles. The second-order valence-electron chi connectivity index (χ2n) is 5.85. The molecule has 1 heterocycles. The van der Waals surface area contributed by atoms with E-state index in [0.717, 1.165) is 22.0 Å². The molecule has 128 valence electrons. The number of carbonyl (C=O) groups is 1. The molecule has 4 nitrogen and oxygen atoms in total. The first-order valence-corrected chi connectivity index (χ1v) is 8.46. The minimum Gasteiger partial charge on any atom is -0.347 e. The summed E-state index contributed by atoms with van der Waals surface area (Å²) in [5.74, 6) is -0.447. The highest BCUT2D eigenvalue weighted by Crippen LogP contribution is 2.24. The van der Waals surface area contributed by atoms with Crippen LogP contribution in [0.1, 0.15) is 16.7 Å². The van der Waals surface area contributed by atoms with Gasteiger partial charge >= 0.3 is 0 Å². The second kappa shape index (κ2) is 7.81. The molecule has 5 heteroatoms. The van der Waals surface area contributed by atoms with E-state index in [1.165, 1.54) is 6.08 Å². The van der Waals surface area contributed by atoms with Crippen LogP contribution in [0.2, 0.25) is 5.15 Å². The lowest BCUT2D eigenvalue weighted by Crippen LogP contribution is -2.23. The highest BCUT2D eigenvalue weighted by Gasteiger charge is 2.11. The number of benzene rings is 2. The summed E-state index contributed by atoms with van der Waals surface area (Å²) in [6, 6.07) is 19.1. The number of halogens is 1. The second-order valence-corrected chi connectivity index (χ2v) is 6.21. The molecule has 0 spiro atoms. The highest BCUT2D eigenvalue weighted by molar-refractivity contribution is 6.31. The molecule has 0 aliphatic carbocycles. The molecule has 3 rings (SSSR count). The monoisotopic (exact) mass is 361 g/mol. The lowest BCUT2D eigenvalue weighted by atomic mass is 10.1. The van der Waals surface area contributed by atoms with Gasteiger partial charge in [-0.05, 0) is 30.2 Å². The van der Waals surface area contributed by atoms with Crippen LogP contribution in [0.5, 0.6) is 0 Å². The molecule has 1 aromatic heterocycles. The number of hydrogen-bond donors (Lipinski definition) is 1. The number of para-hydroxylation sites is 1. The summed E-state index contributed by atoms with van der Waals surface area (Å²) >= 11 is 6.26. The summed E-state index contributed by atoms with van der Waals surface area (Å²) in [5, 5.41) is 13.3. The zero-order chi connectivity index (χ0) is 18.5. The third-order valence-electron chi connectivity index (χ3n) is 3.99. The normalized spacial score (nSPS) is 11.2. The zero-order valence-corrected chi connectivity index (χ0v) is 14.9. The molecule has 1 N–H and O–H groups in total. The van der Waals surface area contributed by atoms with Crippen molar-refractivity contribution < 1.29 is 4.79 Å². The van der Waals surface area contributed by atoms with Crippen LogP contribution in [0.3, 0.4) is 0 Å². The van der Waals surface area contributed by atoms with E-state index in [-0.39, 0.29) is 10.7 Å². The van der Waals surface area contributed by atoms with Gasteiger partial charge in [-0.25, -0.2) is 4.98 Å². The van der Waals surface area contributed by atoms with Crippen LogP contribution in [0.15, 0.2) is 60.2 Å². The van der Waals surface area contributed by atoms with Crippen LogP contribution in [-0.4, -0.2) is 10.9 Å². The lowest BCUT2D eigenvalue weighted by Gasteiger charge is -2.07. The Hall–Kier alpha value is -3.16. The maximum Gasteiger partial charge on any atom is 0.262 e. The van der Waals surface area contributed by atoms with E-state index in [1.807, 2.05) is 67.6 Å². The van der Waals surface area contributed by atoms with Gasteiger partial charge in [-0.3, -0.25) is 4.79 Å². The van der Waals surface area contributed by atoms with Gasteiger partial charge in [0.25, 0.3) is 5.91 Å². The van der Waals surface area contributed by atoms with E-state index in [4.69, 9.17) is 11.6 Å². The first-order valence-electron chi connectivity index (χ1n) is 8.08. The van der Waals surface area contributed by atoms with Crippen LogP contribution in [0, 0.1) is 18.3 Å². The molecule has 3 aromatic rings. The zero-order valence-electron chi connectivity index (χ0n) is 14.2. The molecular formula is C21H16ClN3O. The van der Waals surface area contributed by atoms with Gasteiger partial charge in [-0.2, -0.15) is 5.26 Å². The van der Waals surface area contributed by atoms with Crippen LogP contribution in [0.4, 0.5) is 0 Å². The van der Waals surface area contributed by atoms with Crippen LogP contribution >= 0.6 is 11.6 Å². The summed E-state index contributed by atoms with van der Waals surface area (Å²) in [5.41, 5.74) is 3.30. The van der Waals surface area contributed by atoms with E-state index >= 15 is 0 Å². The first-order chi connectivity index (χ1) is 12.6. The van der Waals surface area contributed by atoms with Crippen LogP contribution in [0.25, 0.3) is 17.0 Å².